The van der Waals surface area contributed by atoms with Gasteiger partial charge in [-0.2, -0.15) is 0 Å². The average molecular weight is 1040 g/mol. The Morgan fingerprint density at radius 3 is 0.827 bits per heavy atom. The lowest BCUT2D eigenvalue weighted by Crippen LogP contribution is -2.30. The highest BCUT2D eigenvalue weighted by molar-refractivity contribution is 5.71. The summed E-state index contributed by atoms with van der Waals surface area (Å²) in [6.45, 7) is 6.22. The first kappa shape index (κ1) is 70.3. The van der Waals surface area contributed by atoms with Gasteiger partial charge in [-0.15, -0.1) is 0 Å². The van der Waals surface area contributed by atoms with Crippen molar-refractivity contribution in [2.45, 2.75) is 258 Å². The molecule has 0 bridgehead atoms. The normalized spacial score (nSPS) is 13.2. The summed E-state index contributed by atoms with van der Waals surface area (Å²) >= 11 is 0. The first-order valence-corrected chi connectivity index (χ1v) is 30.3. The van der Waals surface area contributed by atoms with Crippen LogP contribution < -0.4 is 0 Å². The zero-order valence-corrected chi connectivity index (χ0v) is 48.3. The zero-order valence-electron chi connectivity index (χ0n) is 48.3. The molecular weight excluding hydrogens is 925 g/mol. The molecule has 0 aliphatic heterocycles. The minimum Gasteiger partial charge on any atom is -0.462 e. The topological polar surface area (TPSA) is 78.9 Å². The van der Waals surface area contributed by atoms with E-state index >= 15 is 0 Å². The Morgan fingerprint density at radius 1 is 0.267 bits per heavy atom. The maximum absolute atomic E-state index is 12.9. The van der Waals surface area contributed by atoms with Crippen molar-refractivity contribution in [3.05, 3.63) is 146 Å². The predicted molar refractivity (Wildman–Crippen MR) is 325 cm³/mol. The Bertz CT molecular complexity index is 1660. The van der Waals surface area contributed by atoms with Crippen LogP contribution in [-0.2, 0) is 28.6 Å². The molecule has 0 aliphatic carbocycles. The smallest absolute Gasteiger partial charge is 0.306 e. The van der Waals surface area contributed by atoms with E-state index in [0.29, 0.717) is 19.3 Å². The van der Waals surface area contributed by atoms with Crippen LogP contribution in [0.25, 0.3) is 0 Å². The Balaban J connectivity index is 4.43. The van der Waals surface area contributed by atoms with Gasteiger partial charge in [-0.1, -0.05) is 256 Å². The second kappa shape index (κ2) is 61.8. The van der Waals surface area contributed by atoms with E-state index < -0.39 is 6.10 Å². The molecule has 422 valence electrons. The van der Waals surface area contributed by atoms with Gasteiger partial charge in [0.1, 0.15) is 13.2 Å². The van der Waals surface area contributed by atoms with Crippen LogP contribution in [0.1, 0.15) is 252 Å². The molecule has 1 unspecified atom stereocenters. The summed E-state index contributed by atoms with van der Waals surface area (Å²) in [6.07, 6.45) is 88.6. The molecule has 0 aromatic rings. The minimum absolute atomic E-state index is 0.111. The Morgan fingerprint density at radius 2 is 0.507 bits per heavy atom. The van der Waals surface area contributed by atoms with Crippen LogP contribution in [-0.4, -0.2) is 37.2 Å². The van der Waals surface area contributed by atoms with Gasteiger partial charge in [-0.25, -0.2) is 0 Å². The predicted octanol–water partition coefficient (Wildman–Crippen LogP) is 20.8. The highest BCUT2D eigenvalue weighted by atomic mass is 16.6. The van der Waals surface area contributed by atoms with Gasteiger partial charge in [0.05, 0.1) is 0 Å². The number of hydrogen-bond donors (Lipinski definition) is 0. The minimum atomic E-state index is -0.820. The Kier molecular flexibility index (Phi) is 58.0. The van der Waals surface area contributed by atoms with E-state index in [1.54, 1.807) is 0 Å². The first-order valence-electron chi connectivity index (χ1n) is 30.3. The van der Waals surface area contributed by atoms with Gasteiger partial charge in [0.2, 0.25) is 0 Å². The van der Waals surface area contributed by atoms with E-state index in [-0.39, 0.29) is 37.5 Å². The average Bonchev–Trinajstić information content (AvgIpc) is 3.41. The van der Waals surface area contributed by atoms with E-state index in [4.69, 9.17) is 14.2 Å². The van der Waals surface area contributed by atoms with Crippen LogP contribution >= 0.6 is 0 Å². The quantitative estimate of drug-likeness (QED) is 0.0261. The fourth-order valence-corrected chi connectivity index (χ4v) is 7.91. The third-order valence-electron chi connectivity index (χ3n) is 12.3. The van der Waals surface area contributed by atoms with Crippen LogP contribution in [0, 0.1) is 0 Å². The van der Waals surface area contributed by atoms with E-state index in [1.165, 1.54) is 83.5 Å². The molecule has 1 atom stereocenters. The van der Waals surface area contributed by atoms with Crippen molar-refractivity contribution < 1.29 is 28.6 Å². The number of unbranched alkanes of at least 4 members (excludes halogenated alkanes) is 18. The molecule has 0 heterocycles. The lowest BCUT2D eigenvalue weighted by molar-refractivity contribution is -0.166. The molecule has 0 amide bonds. The van der Waals surface area contributed by atoms with E-state index in [9.17, 15) is 14.4 Å². The maximum Gasteiger partial charge on any atom is 0.306 e. The molecule has 0 fully saturated rings. The van der Waals surface area contributed by atoms with Crippen molar-refractivity contribution in [3.8, 4) is 0 Å². The third kappa shape index (κ3) is 60.0. The fourth-order valence-electron chi connectivity index (χ4n) is 7.91. The lowest BCUT2D eigenvalue weighted by atomic mass is 10.1. The molecule has 0 N–H and O–H groups in total. The fraction of sp³-hybridized carbons (Fsp3) is 0.609. The Labute approximate surface area is 461 Å². The van der Waals surface area contributed by atoms with Gasteiger partial charge in [0, 0.05) is 19.3 Å². The molecule has 75 heavy (non-hydrogen) atoms. The number of ether oxygens (including phenoxy) is 3. The van der Waals surface area contributed by atoms with Gasteiger partial charge in [0.15, 0.2) is 6.10 Å². The Hall–Kier alpha value is -4.71. The van der Waals surface area contributed by atoms with Gasteiger partial charge in [-0.3, -0.25) is 14.4 Å². The summed E-state index contributed by atoms with van der Waals surface area (Å²) in [5.74, 6) is -1.01. The van der Waals surface area contributed by atoms with Crippen molar-refractivity contribution in [3.63, 3.8) is 0 Å². The van der Waals surface area contributed by atoms with Crippen molar-refractivity contribution in [2.24, 2.45) is 0 Å². The van der Waals surface area contributed by atoms with E-state index in [1.807, 2.05) is 6.08 Å². The maximum atomic E-state index is 12.9. The standard InChI is InChI=1S/C69H110O6/c1-4-7-10-13-16-19-22-25-27-29-31-33-34-36-37-39-41-44-47-50-53-56-59-62-68(71)74-65-66(64-73-67(70)61-58-55-52-49-46-43-24-21-18-15-12-9-6-3)75-69(72)63-60-57-54-51-48-45-42-40-38-35-32-30-28-26-23-20-17-14-11-8-5-2/h7-12,16-21,25-28,31-33,35,43,46,52,55,66H,4-6,13-15,22-24,29-30,34,36-42,44-45,47-51,53-54,56-65H2,1-3H3/b10-7-,11-8-,12-9-,19-16-,20-17-,21-18-,27-25-,28-26-,33-31-,35-32-,46-43-,55-52-. The summed E-state index contributed by atoms with van der Waals surface area (Å²) < 4.78 is 16.8. The van der Waals surface area contributed by atoms with Crippen molar-refractivity contribution >= 4 is 17.9 Å². The molecular formula is C69H110O6. The highest BCUT2D eigenvalue weighted by Gasteiger charge is 2.19. The largest absolute Gasteiger partial charge is 0.462 e. The van der Waals surface area contributed by atoms with Crippen molar-refractivity contribution in [2.75, 3.05) is 13.2 Å². The zero-order chi connectivity index (χ0) is 54.3. The lowest BCUT2D eigenvalue weighted by Gasteiger charge is -2.18. The summed E-state index contributed by atoms with van der Waals surface area (Å²) in [5, 5.41) is 0. The number of carbonyl (C=O) groups is 3. The highest BCUT2D eigenvalue weighted by Crippen LogP contribution is 2.15. The number of esters is 3. The van der Waals surface area contributed by atoms with Crippen LogP contribution in [0.4, 0.5) is 0 Å². The molecule has 0 spiro atoms. The number of allylic oxidation sites excluding steroid dienone is 24. The van der Waals surface area contributed by atoms with Gasteiger partial charge in [-0.05, 0) is 122 Å². The van der Waals surface area contributed by atoms with Crippen LogP contribution in [0.15, 0.2) is 146 Å². The number of rotatable bonds is 53. The SMILES string of the molecule is CC/C=C\C/C=C\C/C=C\C/C=C\CCCCCCCCCCCCC(=O)OCC(COC(=O)CC/C=C\C/C=C\C/C=C\C/C=C\CC)OC(=O)CCCCCCCCCC/C=C\C/C=C\C/C=C\C/C=C\CC. The summed E-state index contributed by atoms with van der Waals surface area (Å²) in [4.78, 5) is 38.2. The monoisotopic (exact) mass is 1030 g/mol. The van der Waals surface area contributed by atoms with Gasteiger partial charge < -0.3 is 14.2 Å². The van der Waals surface area contributed by atoms with Gasteiger partial charge in [0.25, 0.3) is 0 Å². The molecule has 6 nitrogen and oxygen atoms in total. The number of hydrogen-bond acceptors (Lipinski definition) is 6. The molecule has 0 aromatic heterocycles. The molecule has 0 saturated carbocycles. The van der Waals surface area contributed by atoms with Crippen LogP contribution in [0.5, 0.6) is 0 Å². The van der Waals surface area contributed by atoms with E-state index in [2.05, 4.69) is 161 Å². The van der Waals surface area contributed by atoms with Gasteiger partial charge >= 0.3 is 17.9 Å². The summed E-state index contributed by atoms with van der Waals surface area (Å²) in [5.41, 5.74) is 0. The van der Waals surface area contributed by atoms with Crippen LogP contribution in [0.2, 0.25) is 0 Å². The molecule has 0 rings (SSSR count). The molecule has 0 radical (unpaired) electrons. The van der Waals surface area contributed by atoms with Crippen molar-refractivity contribution in [1.29, 1.82) is 0 Å². The number of carbonyl (C=O) groups excluding carboxylic acids is 3. The summed E-state index contributed by atoms with van der Waals surface area (Å²) in [7, 11) is 0. The molecule has 6 heteroatoms. The molecule has 0 saturated heterocycles. The molecule has 0 aliphatic rings. The van der Waals surface area contributed by atoms with Crippen molar-refractivity contribution in [1.82, 2.24) is 0 Å². The molecule has 0 aromatic carbocycles. The third-order valence-corrected chi connectivity index (χ3v) is 12.3. The van der Waals surface area contributed by atoms with E-state index in [0.717, 1.165) is 122 Å². The second-order valence-corrected chi connectivity index (χ2v) is 19.5. The second-order valence-electron chi connectivity index (χ2n) is 19.5. The van der Waals surface area contributed by atoms with Crippen LogP contribution in [0.3, 0.4) is 0 Å². The first-order chi connectivity index (χ1) is 37.0. The summed E-state index contributed by atoms with van der Waals surface area (Å²) in [6, 6.07) is 0.